The van der Waals surface area contributed by atoms with E-state index >= 15 is 0 Å². The zero-order chi connectivity index (χ0) is 29.3. The molecule has 1 aromatic rings. The summed E-state index contributed by atoms with van der Waals surface area (Å²) in [6.07, 6.45) is -0.933. The highest BCUT2D eigenvalue weighted by molar-refractivity contribution is 5.95. The average molecular weight is 538 g/mol. The van der Waals surface area contributed by atoms with Gasteiger partial charge in [-0.05, 0) is 38.7 Å². The predicted octanol–water partition coefficient (Wildman–Crippen LogP) is 1.92. The summed E-state index contributed by atoms with van der Waals surface area (Å²) in [5.41, 5.74) is -1.00. The van der Waals surface area contributed by atoms with Gasteiger partial charge in [-0.3, -0.25) is 19.2 Å². The Morgan fingerprint density at radius 2 is 1.42 bits per heavy atom. The number of carbonyl (C=O) groups is 5. The number of alkyl carbamates (subject to hydrolysis) is 1. The molecule has 0 fully saturated rings. The van der Waals surface area contributed by atoms with E-state index in [1.54, 1.807) is 71.9 Å². The van der Waals surface area contributed by atoms with E-state index in [0.29, 0.717) is 5.56 Å². The first-order valence-electron chi connectivity index (χ1n) is 12.1. The minimum Gasteiger partial charge on any atom is -0.481 e. The molecule has 1 aromatic carbocycles. The molecule has 0 aliphatic heterocycles. The van der Waals surface area contributed by atoms with Crippen molar-refractivity contribution in [3.8, 4) is 0 Å². The summed E-state index contributed by atoms with van der Waals surface area (Å²) in [7, 11) is 0. The highest BCUT2D eigenvalue weighted by Gasteiger charge is 2.44. The van der Waals surface area contributed by atoms with Gasteiger partial charge >= 0.3 is 18.0 Å². The highest BCUT2D eigenvalue weighted by atomic mass is 16.5. The lowest BCUT2D eigenvalue weighted by Gasteiger charge is -2.34. The molecule has 0 bridgehead atoms. The van der Waals surface area contributed by atoms with Gasteiger partial charge in [-0.15, -0.1) is 0 Å². The van der Waals surface area contributed by atoms with Crippen molar-refractivity contribution in [3.05, 3.63) is 35.9 Å². The van der Waals surface area contributed by atoms with Gasteiger partial charge in [0.2, 0.25) is 11.8 Å². The molecule has 1 unspecified atom stereocenters. The summed E-state index contributed by atoms with van der Waals surface area (Å²) in [6.45, 7) is 10.7. The molecule has 0 aliphatic carbocycles. The number of carboxylic acid groups (broad SMARTS) is 2. The van der Waals surface area contributed by atoms with E-state index in [4.69, 9.17) is 9.47 Å². The van der Waals surface area contributed by atoms with Crippen molar-refractivity contribution >= 4 is 29.8 Å². The number of benzene rings is 1. The van der Waals surface area contributed by atoms with E-state index in [0.717, 1.165) is 0 Å². The number of ether oxygens (including phenoxy) is 2. The number of carbonyl (C=O) groups excluding carboxylic acids is 3. The van der Waals surface area contributed by atoms with Crippen molar-refractivity contribution < 1.29 is 43.7 Å². The van der Waals surface area contributed by atoms with Crippen LogP contribution >= 0.6 is 0 Å². The van der Waals surface area contributed by atoms with Crippen LogP contribution in [0.1, 0.15) is 54.0 Å². The number of hydrogen-bond donors (Lipinski definition) is 5. The molecule has 0 spiro atoms. The fourth-order valence-corrected chi connectivity index (χ4v) is 3.36. The predicted molar refractivity (Wildman–Crippen MR) is 137 cm³/mol. The Bertz CT molecular complexity index is 984. The number of carboxylic acids is 2. The van der Waals surface area contributed by atoms with Gasteiger partial charge in [-0.25, -0.2) is 4.79 Å². The Morgan fingerprint density at radius 1 is 0.842 bits per heavy atom. The molecule has 0 radical (unpaired) electrons. The van der Waals surface area contributed by atoms with Crippen LogP contribution in [0, 0.1) is 11.3 Å². The molecule has 12 heteroatoms. The van der Waals surface area contributed by atoms with Crippen LogP contribution in [-0.4, -0.2) is 70.4 Å². The van der Waals surface area contributed by atoms with Gasteiger partial charge in [0, 0.05) is 0 Å². The molecule has 0 heterocycles. The standard InChI is InChI=1S/C26H39N3O9/c1-15(22(32)33)27-21(31)19(18(23(34)35)25(2,3)4)29-20(30)17(14-38-26(5,6)7)28-24(36)37-13-16-11-9-8-10-12-16/h8-12,15,17-19H,13-14H2,1-7H3,(H,27,31)(H,28,36)(H,29,30)(H,32,33)(H,34,35)/t15-,17-,18?,19-/m0/s1. The van der Waals surface area contributed by atoms with Crippen LogP contribution in [0.25, 0.3) is 0 Å². The molecule has 4 atom stereocenters. The molecule has 38 heavy (non-hydrogen) atoms. The highest BCUT2D eigenvalue weighted by Crippen LogP contribution is 2.29. The third-order valence-corrected chi connectivity index (χ3v) is 5.35. The molecule has 0 aliphatic rings. The molecular formula is C26H39N3O9. The molecule has 0 saturated carbocycles. The van der Waals surface area contributed by atoms with Gasteiger partial charge in [0.15, 0.2) is 0 Å². The van der Waals surface area contributed by atoms with Crippen molar-refractivity contribution in [2.45, 2.75) is 78.8 Å². The smallest absolute Gasteiger partial charge is 0.408 e. The van der Waals surface area contributed by atoms with Crippen LogP contribution in [0.4, 0.5) is 4.79 Å². The minimum absolute atomic E-state index is 0.0651. The maximum Gasteiger partial charge on any atom is 0.408 e. The fraction of sp³-hybridized carbons (Fsp3) is 0.577. The monoisotopic (exact) mass is 537 g/mol. The van der Waals surface area contributed by atoms with Crippen LogP contribution in [0.2, 0.25) is 0 Å². The van der Waals surface area contributed by atoms with E-state index in [1.807, 2.05) is 0 Å². The van der Waals surface area contributed by atoms with Crippen molar-refractivity contribution in [1.29, 1.82) is 0 Å². The normalized spacial score (nSPS) is 14.8. The lowest BCUT2D eigenvalue weighted by molar-refractivity contribution is -0.151. The van der Waals surface area contributed by atoms with Gasteiger partial charge in [0.1, 0.15) is 24.7 Å². The molecule has 0 aromatic heterocycles. The molecule has 3 amide bonds. The second-order valence-corrected chi connectivity index (χ2v) is 10.9. The van der Waals surface area contributed by atoms with Crippen molar-refractivity contribution in [2.75, 3.05) is 6.61 Å². The largest absolute Gasteiger partial charge is 0.481 e. The first-order chi connectivity index (χ1) is 17.4. The van der Waals surface area contributed by atoms with E-state index in [-0.39, 0.29) is 13.2 Å². The molecular weight excluding hydrogens is 498 g/mol. The Morgan fingerprint density at radius 3 is 1.89 bits per heavy atom. The number of nitrogens with one attached hydrogen (secondary N) is 3. The Labute approximate surface area is 222 Å². The molecule has 212 valence electrons. The van der Waals surface area contributed by atoms with Gasteiger partial charge in [0.25, 0.3) is 0 Å². The summed E-state index contributed by atoms with van der Waals surface area (Å²) in [4.78, 5) is 62.2. The van der Waals surface area contributed by atoms with Crippen molar-refractivity contribution in [2.24, 2.45) is 11.3 Å². The molecule has 12 nitrogen and oxygen atoms in total. The van der Waals surface area contributed by atoms with Gasteiger partial charge < -0.3 is 35.6 Å². The van der Waals surface area contributed by atoms with Crippen molar-refractivity contribution in [1.82, 2.24) is 16.0 Å². The molecule has 0 saturated heterocycles. The Hall–Kier alpha value is -3.67. The maximum atomic E-state index is 13.3. The quantitative estimate of drug-likeness (QED) is 0.266. The Balaban J connectivity index is 3.20. The molecule has 1 rings (SSSR count). The van der Waals surface area contributed by atoms with Gasteiger partial charge in [0.05, 0.1) is 18.1 Å². The maximum absolute atomic E-state index is 13.3. The zero-order valence-electron chi connectivity index (χ0n) is 22.9. The minimum atomic E-state index is -1.67. The van der Waals surface area contributed by atoms with E-state index in [2.05, 4.69) is 16.0 Å². The summed E-state index contributed by atoms with van der Waals surface area (Å²) >= 11 is 0. The number of hydrogen-bond acceptors (Lipinski definition) is 7. The fourth-order valence-electron chi connectivity index (χ4n) is 3.36. The average Bonchev–Trinajstić information content (AvgIpc) is 2.78. The van der Waals surface area contributed by atoms with E-state index in [9.17, 15) is 34.2 Å². The SMILES string of the molecule is C[C@H](NC(=O)[C@@H](NC(=O)[C@H](COC(C)(C)C)NC(=O)OCc1ccccc1)C(C(=O)O)C(C)(C)C)C(=O)O. The zero-order valence-corrected chi connectivity index (χ0v) is 22.9. The third kappa shape index (κ3) is 11.2. The summed E-state index contributed by atoms with van der Waals surface area (Å²) < 4.78 is 10.9. The second-order valence-electron chi connectivity index (χ2n) is 10.9. The van der Waals surface area contributed by atoms with Crippen LogP contribution in [0.15, 0.2) is 30.3 Å². The van der Waals surface area contributed by atoms with Crippen LogP contribution in [0.3, 0.4) is 0 Å². The van der Waals surface area contributed by atoms with E-state index < -0.39 is 64.9 Å². The summed E-state index contributed by atoms with van der Waals surface area (Å²) in [6, 6.07) is 4.48. The van der Waals surface area contributed by atoms with Crippen molar-refractivity contribution in [3.63, 3.8) is 0 Å². The summed E-state index contributed by atoms with van der Waals surface area (Å²) in [5.74, 6) is -6.08. The van der Waals surface area contributed by atoms with E-state index in [1.165, 1.54) is 6.92 Å². The number of aliphatic carboxylic acids is 2. The number of amides is 3. The Kier molecular flexibility index (Phi) is 11.7. The van der Waals surface area contributed by atoms with Gasteiger partial charge in [-0.2, -0.15) is 0 Å². The summed E-state index contributed by atoms with van der Waals surface area (Å²) in [5, 5.41) is 26.1. The third-order valence-electron chi connectivity index (χ3n) is 5.35. The first kappa shape index (κ1) is 32.4. The molecule has 5 N–H and O–H groups in total. The van der Waals surface area contributed by atoms with Gasteiger partial charge in [-0.1, -0.05) is 51.1 Å². The van der Waals surface area contributed by atoms with Crippen LogP contribution < -0.4 is 16.0 Å². The number of rotatable bonds is 12. The lowest BCUT2D eigenvalue weighted by Crippen LogP contribution is -2.61. The van der Waals surface area contributed by atoms with Crippen LogP contribution in [0.5, 0.6) is 0 Å². The van der Waals surface area contributed by atoms with Crippen LogP contribution in [-0.2, 0) is 35.3 Å². The lowest BCUT2D eigenvalue weighted by atomic mass is 9.75. The second kappa shape index (κ2) is 13.8. The topological polar surface area (TPSA) is 180 Å². The first-order valence-corrected chi connectivity index (χ1v) is 12.1.